The van der Waals surface area contributed by atoms with Crippen molar-refractivity contribution < 1.29 is 14.0 Å². The molecule has 0 aliphatic carbocycles. The molecule has 2 aliphatic heterocycles. The van der Waals surface area contributed by atoms with Crippen LogP contribution in [0.25, 0.3) is 0 Å². The van der Waals surface area contributed by atoms with Gasteiger partial charge in [0.15, 0.2) is 0 Å². The van der Waals surface area contributed by atoms with Gasteiger partial charge in [-0.25, -0.2) is 0 Å². The maximum Gasteiger partial charge on any atom is 0.236 e. The predicted molar refractivity (Wildman–Crippen MR) is 108 cm³/mol. The Morgan fingerprint density at radius 2 is 1.75 bits per heavy atom. The maximum atomic E-state index is 12.6. The molecule has 28 heavy (non-hydrogen) atoms. The molecule has 3 rings (SSSR count). The van der Waals surface area contributed by atoms with Crippen LogP contribution in [0, 0.1) is 6.92 Å². The summed E-state index contributed by atoms with van der Waals surface area (Å²) in [5.41, 5.74) is 0. The number of hydrogen-bond acceptors (Lipinski definition) is 5. The van der Waals surface area contributed by atoms with E-state index >= 15 is 0 Å². The van der Waals surface area contributed by atoms with Crippen LogP contribution in [0.15, 0.2) is 16.5 Å². The normalized spacial score (nSPS) is 21.7. The molecule has 1 aromatic rings. The van der Waals surface area contributed by atoms with Crippen LogP contribution < -0.4 is 0 Å². The first-order valence-corrected chi connectivity index (χ1v) is 10.5. The van der Waals surface area contributed by atoms with Gasteiger partial charge < -0.3 is 14.2 Å². The lowest BCUT2D eigenvalue weighted by molar-refractivity contribution is -0.137. The molecule has 1 unspecified atom stereocenters. The van der Waals surface area contributed by atoms with Gasteiger partial charge in [-0.1, -0.05) is 0 Å². The molecule has 7 heteroatoms. The molecule has 0 aromatic carbocycles. The summed E-state index contributed by atoms with van der Waals surface area (Å²) in [4.78, 5) is 33.3. The molecule has 7 nitrogen and oxygen atoms in total. The van der Waals surface area contributed by atoms with Crippen molar-refractivity contribution in [2.45, 2.75) is 45.7 Å². The molecule has 156 valence electrons. The molecule has 2 fully saturated rings. The van der Waals surface area contributed by atoms with E-state index in [4.69, 9.17) is 4.42 Å². The third-order valence-electron chi connectivity index (χ3n) is 5.92. The van der Waals surface area contributed by atoms with E-state index in [1.165, 1.54) is 6.42 Å². The van der Waals surface area contributed by atoms with Crippen molar-refractivity contribution in [3.8, 4) is 0 Å². The largest absolute Gasteiger partial charge is 0.464 e. The summed E-state index contributed by atoms with van der Waals surface area (Å²) in [7, 11) is 1.81. The third-order valence-corrected chi connectivity index (χ3v) is 5.92. The van der Waals surface area contributed by atoms with Crippen molar-refractivity contribution in [1.82, 2.24) is 19.6 Å². The fourth-order valence-corrected chi connectivity index (χ4v) is 4.06. The van der Waals surface area contributed by atoms with Crippen molar-refractivity contribution in [3.05, 3.63) is 23.7 Å². The van der Waals surface area contributed by atoms with Crippen molar-refractivity contribution in [1.29, 1.82) is 0 Å². The molecule has 2 aliphatic rings. The van der Waals surface area contributed by atoms with Crippen molar-refractivity contribution in [3.63, 3.8) is 0 Å². The number of amides is 2. The highest BCUT2D eigenvalue weighted by Gasteiger charge is 2.27. The third kappa shape index (κ3) is 5.58. The van der Waals surface area contributed by atoms with E-state index < -0.39 is 0 Å². The lowest BCUT2D eigenvalue weighted by atomic mass is 10.0. The first-order valence-electron chi connectivity index (χ1n) is 10.5. The molecule has 0 bridgehead atoms. The number of rotatable bonds is 6. The first-order chi connectivity index (χ1) is 13.4. The Hall–Kier alpha value is -1.86. The summed E-state index contributed by atoms with van der Waals surface area (Å²) >= 11 is 0. The minimum absolute atomic E-state index is 0.0979. The Labute approximate surface area is 168 Å². The number of piperazine rings is 1. The molecule has 0 saturated carbocycles. The van der Waals surface area contributed by atoms with E-state index in [2.05, 4.69) is 16.7 Å². The van der Waals surface area contributed by atoms with Crippen molar-refractivity contribution >= 4 is 11.8 Å². The minimum atomic E-state index is 0.0979. The molecule has 3 heterocycles. The van der Waals surface area contributed by atoms with E-state index in [0.717, 1.165) is 57.1 Å². The highest BCUT2D eigenvalue weighted by Crippen LogP contribution is 2.17. The predicted octanol–water partition coefficient (Wildman–Crippen LogP) is 1.57. The number of likely N-dealkylation sites (tertiary alicyclic amines) is 1. The highest BCUT2D eigenvalue weighted by molar-refractivity contribution is 5.79. The Balaban J connectivity index is 1.38. The summed E-state index contributed by atoms with van der Waals surface area (Å²) in [5.74, 6) is 2.02. The zero-order valence-corrected chi connectivity index (χ0v) is 17.5. The molecule has 2 amide bonds. The molecule has 1 atom stereocenters. The summed E-state index contributed by atoms with van der Waals surface area (Å²) in [6, 6.07) is 4.20. The molecule has 0 radical (unpaired) electrons. The van der Waals surface area contributed by atoms with Gasteiger partial charge in [-0.15, -0.1) is 0 Å². The Bertz CT molecular complexity index is 666. The fourth-order valence-electron chi connectivity index (χ4n) is 4.06. The van der Waals surface area contributed by atoms with Gasteiger partial charge in [0, 0.05) is 45.8 Å². The van der Waals surface area contributed by atoms with Gasteiger partial charge in [0.25, 0.3) is 0 Å². The zero-order valence-electron chi connectivity index (χ0n) is 17.5. The average molecular weight is 391 g/mol. The quantitative estimate of drug-likeness (QED) is 0.738. The van der Waals surface area contributed by atoms with Gasteiger partial charge in [-0.3, -0.25) is 19.4 Å². The summed E-state index contributed by atoms with van der Waals surface area (Å²) in [5, 5.41) is 0. The van der Waals surface area contributed by atoms with Gasteiger partial charge in [-0.2, -0.15) is 0 Å². The molecule has 1 aromatic heterocycles. The average Bonchev–Trinajstić information content (AvgIpc) is 3.08. The van der Waals surface area contributed by atoms with Crippen LogP contribution in [0.4, 0.5) is 0 Å². The second-order valence-electron chi connectivity index (χ2n) is 8.25. The van der Waals surface area contributed by atoms with E-state index in [1.807, 2.05) is 31.0 Å². The van der Waals surface area contributed by atoms with E-state index in [9.17, 15) is 9.59 Å². The summed E-state index contributed by atoms with van der Waals surface area (Å²) < 4.78 is 5.55. The zero-order chi connectivity index (χ0) is 20.1. The van der Waals surface area contributed by atoms with Crippen LogP contribution in [0.1, 0.15) is 37.7 Å². The number of nitrogens with zero attached hydrogens (tertiary/aromatic N) is 4. The maximum absolute atomic E-state index is 12.6. The summed E-state index contributed by atoms with van der Waals surface area (Å²) in [6.07, 6.45) is 3.47. The number of furan rings is 1. The fraction of sp³-hybridized carbons (Fsp3) is 0.714. The number of likely N-dealkylation sites (N-methyl/N-ethyl adjacent to an activating group) is 1. The number of piperidine rings is 1. The van der Waals surface area contributed by atoms with Gasteiger partial charge in [-0.05, 0) is 45.2 Å². The van der Waals surface area contributed by atoms with E-state index in [-0.39, 0.29) is 11.8 Å². The molecular weight excluding hydrogens is 356 g/mol. The van der Waals surface area contributed by atoms with Crippen LogP contribution in [-0.2, 0) is 16.1 Å². The molecule has 0 spiro atoms. The number of hydrogen-bond donors (Lipinski definition) is 0. The Kier molecular flexibility index (Phi) is 7.13. The number of carbonyl (C=O) groups excluding carboxylic acids is 2. The van der Waals surface area contributed by atoms with Gasteiger partial charge in [0.1, 0.15) is 11.5 Å². The van der Waals surface area contributed by atoms with Gasteiger partial charge in [0.05, 0.1) is 19.6 Å². The van der Waals surface area contributed by atoms with Gasteiger partial charge >= 0.3 is 0 Å². The molecule has 2 saturated heterocycles. The van der Waals surface area contributed by atoms with Crippen LogP contribution >= 0.6 is 0 Å². The lowest BCUT2D eigenvalue weighted by Crippen LogP contribution is -2.53. The van der Waals surface area contributed by atoms with Crippen LogP contribution in [0.3, 0.4) is 0 Å². The standard InChI is InChI=1S/C21H34N4O3/c1-17-6-4-5-9-25(17)21(27)16-24-12-10-23(11-13-24)15-20(26)22(3)14-19-8-7-18(2)28-19/h7-8,17H,4-6,9-16H2,1-3H3. The van der Waals surface area contributed by atoms with Crippen molar-refractivity contribution in [2.24, 2.45) is 0 Å². The molecule has 0 N–H and O–H groups in total. The molecular formula is C21H34N4O3. The number of carbonyl (C=O) groups is 2. The lowest BCUT2D eigenvalue weighted by Gasteiger charge is -2.38. The van der Waals surface area contributed by atoms with Crippen LogP contribution in [-0.4, -0.2) is 90.3 Å². The monoisotopic (exact) mass is 390 g/mol. The minimum Gasteiger partial charge on any atom is -0.464 e. The van der Waals surface area contributed by atoms with E-state index in [0.29, 0.717) is 25.7 Å². The second kappa shape index (κ2) is 9.56. The first kappa shape index (κ1) is 20.9. The van der Waals surface area contributed by atoms with E-state index in [1.54, 1.807) is 4.90 Å². The summed E-state index contributed by atoms with van der Waals surface area (Å²) in [6.45, 7) is 9.69. The number of aryl methyl sites for hydroxylation is 1. The highest BCUT2D eigenvalue weighted by atomic mass is 16.3. The second-order valence-corrected chi connectivity index (χ2v) is 8.25. The van der Waals surface area contributed by atoms with Crippen LogP contribution in [0.2, 0.25) is 0 Å². The van der Waals surface area contributed by atoms with Crippen LogP contribution in [0.5, 0.6) is 0 Å². The Morgan fingerprint density at radius 1 is 1.07 bits per heavy atom. The topological polar surface area (TPSA) is 60.2 Å². The smallest absolute Gasteiger partial charge is 0.236 e. The SMILES string of the molecule is Cc1ccc(CN(C)C(=O)CN2CCN(CC(=O)N3CCCCC3C)CC2)o1. The Morgan fingerprint density at radius 3 is 2.36 bits per heavy atom. The van der Waals surface area contributed by atoms with Crippen molar-refractivity contribution in [2.75, 3.05) is 52.9 Å². The van der Waals surface area contributed by atoms with Gasteiger partial charge in [0.2, 0.25) is 11.8 Å².